The average molecular weight is 288 g/mol. The molecule has 1 aromatic carbocycles. The van der Waals surface area contributed by atoms with E-state index in [-0.39, 0.29) is 0 Å². The van der Waals surface area contributed by atoms with Crippen LogP contribution in [0.25, 0.3) is 11.3 Å². The molecule has 0 amide bonds. The molecule has 2 N–H and O–H groups in total. The molecule has 114 valence electrons. The third-order valence-electron chi connectivity index (χ3n) is 3.58. The topological polar surface area (TPSA) is 66.0 Å². The second kappa shape index (κ2) is 7.78. The molecule has 1 aromatic heterocycles. The zero-order valence-corrected chi connectivity index (χ0v) is 12.9. The minimum absolute atomic E-state index is 0.377. The van der Waals surface area contributed by atoms with Crippen LogP contribution in [0.1, 0.15) is 38.3 Å². The molecule has 2 aromatic rings. The highest BCUT2D eigenvalue weighted by atomic mass is 16.5. The summed E-state index contributed by atoms with van der Waals surface area (Å²) in [5, 5.41) is 8.49. The molecule has 0 aliphatic carbocycles. The van der Waals surface area contributed by atoms with E-state index < -0.39 is 0 Å². The first-order valence-corrected chi connectivity index (χ1v) is 7.57. The number of hydrogen-bond donors (Lipinski definition) is 1. The Labute approximate surface area is 126 Å². The molecule has 2 rings (SSSR count). The molecule has 0 saturated heterocycles. The third-order valence-corrected chi connectivity index (χ3v) is 3.58. The van der Waals surface area contributed by atoms with Gasteiger partial charge in [-0.15, -0.1) is 5.10 Å². The summed E-state index contributed by atoms with van der Waals surface area (Å²) in [5.41, 5.74) is 8.61. The van der Waals surface area contributed by atoms with Crippen molar-refractivity contribution in [3.63, 3.8) is 0 Å². The number of nitrogens with two attached hydrogens (primary N) is 1. The smallest absolute Gasteiger partial charge is 0.128 e. The Morgan fingerprint density at radius 2 is 2.00 bits per heavy atom. The van der Waals surface area contributed by atoms with Gasteiger partial charge in [0.15, 0.2) is 0 Å². The number of benzene rings is 1. The van der Waals surface area contributed by atoms with Crippen LogP contribution in [0.4, 0.5) is 0 Å². The SMILES string of the molecule is CCCCCCn1nnc(CN)c1-c1ccccc1OC. The van der Waals surface area contributed by atoms with Gasteiger partial charge < -0.3 is 10.5 Å². The maximum absolute atomic E-state index is 5.81. The fraction of sp³-hybridized carbons (Fsp3) is 0.500. The number of nitrogens with zero attached hydrogens (tertiary/aromatic N) is 3. The van der Waals surface area contributed by atoms with Crippen LogP contribution in [-0.4, -0.2) is 22.1 Å². The van der Waals surface area contributed by atoms with E-state index in [0.717, 1.165) is 35.7 Å². The largest absolute Gasteiger partial charge is 0.496 e. The fourth-order valence-corrected chi connectivity index (χ4v) is 2.47. The Morgan fingerprint density at radius 1 is 1.19 bits per heavy atom. The predicted molar refractivity (Wildman–Crippen MR) is 84.0 cm³/mol. The minimum atomic E-state index is 0.377. The van der Waals surface area contributed by atoms with Gasteiger partial charge in [0, 0.05) is 18.7 Å². The molecule has 21 heavy (non-hydrogen) atoms. The van der Waals surface area contributed by atoms with Crippen LogP contribution in [0.2, 0.25) is 0 Å². The van der Waals surface area contributed by atoms with Gasteiger partial charge in [0.1, 0.15) is 11.4 Å². The summed E-state index contributed by atoms with van der Waals surface area (Å²) in [6.45, 7) is 3.45. The molecule has 0 spiro atoms. The second-order valence-corrected chi connectivity index (χ2v) is 5.07. The summed E-state index contributed by atoms with van der Waals surface area (Å²) in [5.74, 6) is 0.823. The van der Waals surface area contributed by atoms with E-state index in [9.17, 15) is 0 Å². The average Bonchev–Trinajstić information content (AvgIpc) is 2.94. The summed E-state index contributed by atoms with van der Waals surface area (Å²) in [4.78, 5) is 0. The summed E-state index contributed by atoms with van der Waals surface area (Å²) in [7, 11) is 1.68. The van der Waals surface area contributed by atoms with Crippen molar-refractivity contribution < 1.29 is 4.74 Å². The van der Waals surface area contributed by atoms with Gasteiger partial charge in [0.25, 0.3) is 0 Å². The van der Waals surface area contributed by atoms with E-state index in [0.29, 0.717) is 6.54 Å². The normalized spacial score (nSPS) is 10.8. The first kappa shape index (κ1) is 15.5. The summed E-state index contributed by atoms with van der Waals surface area (Å²) >= 11 is 0. The van der Waals surface area contributed by atoms with Crippen LogP contribution in [0, 0.1) is 0 Å². The molecule has 0 bridgehead atoms. The van der Waals surface area contributed by atoms with Gasteiger partial charge in [-0.1, -0.05) is 43.5 Å². The van der Waals surface area contributed by atoms with Gasteiger partial charge in [-0.25, -0.2) is 4.68 Å². The maximum atomic E-state index is 5.81. The molecule has 0 fully saturated rings. The maximum Gasteiger partial charge on any atom is 0.128 e. The first-order chi connectivity index (χ1) is 10.3. The Morgan fingerprint density at radius 3 is 2.71 bits per heavy atom. The lowest BCUT2D eigenvalue weighted by Gasteiger charge is -2.11. The van der Waals surface area contributed by atoms with Gasteiger partial charge in [-0.3, -0.25) is 0 Å². The monoisotopic (exact) mass is 288 g/mol. The van der Waals surface area contributed by atoms with Crippen LogP contribution in [0.15, 0.2) is 24.3 Å². The highest BCUT2D eigenvalue weighted by Gasteiger charge is 2.17. The first-order valence-electron chi connectivity index (χ1n) is 7.57. The molecular weight excluding hydrogens is 264 g/mol. The summed E-state index contributed by atoms with van der Waals surface area (Å²) < 4.78 is 7.41. The number of hydrogen-bond acceptors (Lipinski definition) is 4. The number of methoxy groups -OCH3 is 1. The molecule has 5 nitrogen and oxygen atoms in total. The molecule has 0 radical (unpaired) electrons. The van der Waals surface area contributed by atoms with E-state index in [1.54, 1.807) is 7.11 Å². The zero-order valence-electron chi connectivity index (χ0n) is 12.9. The summed E-state index contributed by atoms with van der Waals surface area (Å²) in [6.07, 6.45) is 4.79. The van der Waals surface area contributed by atoms with E-state index in [1.165, 1.54) is 19.3 Å². The van der Waals surface area contributed by atoms with Crippen molar-refractivity contribution in [1.29, 1.82) is 0 Å². The standard InChI is InChI=1S/C16H24N4O/c1-3-4-5-8-11-20-16(14(12-17)18-19-20)13-9-6-7-10-15(13)21-2/h6-7,9-10H,3-5,8,11-12,17H2,1-2H3. The number of aromatic nitrogens is 3. The van der Waals surface area contributed by atoms with Crippen LogP contribution in [0.3, 0.4) is 0 Å². The van der Waals surface area contributed by atoms with Gasteiger partial charge in [0.05, 0.1) is 12.8 Å². The second-order valence-electron chi connectivity index (χ2n) is 5.07. The molecular formula is C16H24N4O. The highest BCUT2D eigenvalue weighted by molar-refractivity contribution is 5.69. The zero-order chi connectivity index (χ0) is 15.1. The quantitative estimate of drug-likeness (QED) is 0.758. The van der Waals surface area contributed by atoms with Crippen LogP contribution in [-0.2, 0) is 13.1 Å². The van der Waals surface area contributed by atoms with Crippen molar-refractivity contribution in [2.24, 2.45) is 5.73 Å². The van der Waals surface area contributed by atoms with Crippen LogP contribution in [0.5, 0.6) is 5.75 Å². The van der Waals surface area contributed by atoms with E-state index in [2.05, 4.69) is 17.2 Å². The third kappa shape index (κ3) is 3.61. The number of ether oxygens (including phenoxy) is 1. The Balaban J connectivity index is 2.30. The van der Waals surface area contributed by atoms with Crippen molar-refractivity contribution in [2.75, 3.05) is 7.11 Å². The van der Waals surface area contributed by atoms with Crippen LogP contribution >= 0.6 is 0 Å². The molecule has 0 saturated carbocycles. The number of para-hydroxylation sites is 1. The van der Waals surface area contributed by atoms with Crippen molar-refractivity contribution >= 4 is 0 Å². The highest BCUT2D eigenvalue weighted by Crippen LogP contribution is 2.31. The van der Waals surface area contributed by atoms with E-state index >= 15 is 0 Å². The lowest BCUT2D eigenvalue weighted by Crippen LogP contribution is -2.05. The Hall–Kier alpha value is -1.88. The molecule has 0 aliphatic heterocycles. The van der Waals surface area contributed by atoms with Crippen molar-refractivity contribution in [3.05, 3.63) is 30.0 Å². The molecule has 0 unspecified atom stereocenters. The summed E-state index contributed by atoms with van der Waals surface area (Å²) in [6, 6.07) is 7.93. The molecule has 0 aliphatic rings. The van der Waals surface area contributed by atoms with Gasteiger partial charge in [-0.05, 0) is 18.6 Å². The van der Waals surface area contributed by atoms with E-state index in [1.807, 2.05) is 28.9 Å². The van der Waals surface area contributed by atoms with Crippen molar-refractivity contribution in [1.82, 2.24) is 15.0 Å². The number of aryl methyl sites for hydroxylation is 1. The van der Waals surface area contributed by atoms with Gasteiger partial charge in [0.2, 0.25) is 0 Å². The number of unbranched alkanes of at least 4 members (excludes halogenated alkanes) is 3. The van der Waals surface area contributed by atoms with Crippen LogP contribution < -0.4 is 10.5 Å². The molecule has 0 atom stereocenters. The fourth-order valence-electron chi connectivity index (χ4n) is 2.47. The molecule has 1 heterocycles. The van der Waals surface area contributed by atoms with Crippen molar-refractivity contribution in [2.45, 2.75) is 45.7 Å². The predicted octanol–water partition coefficient (Wildman–Crippen LogP) is 2.99. The molecule has 5 heteroatoms. The van der Waals surface area contributed by atoms with Gasteiger partial charge in [-0.2, -0.15) is 0 Å². The van der Waals surface area contributed by atoms with Gasteiger partial charge >= 0.3 is 0 Å². The van der Waals surface area contributed by atoms with E-state index in [4.69, 9.17) is 10.5 Å². The number of rotatable bonds is 8. The lowest BCUT2D eigenvalue weighted by molar-refractivity contribution is 0.415. The lowest BCUT2D eigenvalue weighted by atomic mass is 10.1. The Bertz CT molecular complexity index is 565. The Kier molecular flexibility index (Phi) is 5.75. The van der Waals surface area contributed by atoms with Crippen molar-refractivity contribution in [3.8, 4) is 17.0 Å². The minimum Gasteiger partial charge on any atom is -0.496 e.